The molecule has 2 rings (SSSR count). The first-order valence-electron chi connectivity index (χ1n) is 14.2. The molecule has 0 saturated carbocycles. The van der Waals surface area contributed by atoms with E-state index in [0.717, 1.165) is 51.5 Å². The van der Waals surface area contributed by atoms with Crippen molar-refractivity contribution >= 4 is 11.7 Å². The first-order valence-corrected chi connectivity index (χ1v) is 14.2. The summed E-state index contributed by atoms with van der Waals surface area (Å²) in [6, 6.07) is 0. The van der Waals surface area contributed by atoms with Gasteiger partial charge in [-0.1, -0.05) is 32.1 Å². The van der Waals surface area contributed by atoms with Gasteiger partial charge in [0.25, 0.3) is 0 Å². The van der Waals surface area contributed by atoms with Crippen LogP contribution in [0.5, 0.6) is 0 Å². The van der Waals surface area contributed by atoms with Gasteiger partial charge in [0.05, 0.1) is 25.3 Å². The van der Waals surface area contributed by atoms with Gasteiger partial charge in [0.15, 0.2) is 0 Å². The Labute approximate surface area is 220 Å². The highest BCUT2D eigenvalue weighted by Gasteiger charge is 2.55. The van der Waals surface area contributed by atoms with E-state index in [2.05, 4.69) is 65.6 Å². The quantitative estimate of drug-likeness (QED) is 0.319. The Morgan fingerprint density at radius 1 is 0.806 bits per heavy atom. The third-order valence-corrected chi connectivity index (χ3v) is 9.04. The van der Waals surface area contributed by atoms with Crippen LogP contribution in [0.2, 0.25) is 0 Å². The van der Waals surface area contributed by atoms with Crippen LogP contribution < -0.4 is 5.32 Å². The molecule has 0 aromatic heterocycles. The lowest BCUT2D eigenvalue weighted by molar-refractivity contribution is -0.223. The number of hydrogen-bond donors (Lipinski definition) is 2. The average Bonchev–Trinajstić information content (AvgIpc) is 3.08. The number of aliphatic hydroxyl groups excluding tert-OH is 1. The van der Waals surface area contributed by atoms with E-state index in [-0.39, 0.29) is 46.6 Å². The molecule has 2 atom stereocenters. The largest absolute Gasteiger partial charge is 0.381 e. The number of nitrogens with zero attached hydrogens (tertiary/aromatic N) is 2. The van der Waals surface area contributed by atoms with Gasteiger partial charge in [-0.05, 0) is 81.1 Å². The molecule has 2 heterocycles. The number of unbranched alkanes of at least 4 members (excludes halogenated alkanes) is 6. The maximum atomic E-state index is 12.9. The monoisotopic (exact) mass is 509 g/mol. The van der Waals surface area contributed by atoms with Gasteiger partial charge in [0.1, 0.15) is 5.78 Å². The van der Waals surface area contributed by atoms with Gasteiger partial charge >= 0.3 is 0 Å². The minimum atomic E-state index is -0.328. The van der Waals surface area contributed by atoms with Crippen molar-refractivity contribution in [1.82, 2.24) is 15.3 Å². The number of hydroxylamine groups is 2. The highest BCUT2D eigenvalue weighted by Crippen LogP contribution is 2.46. The lowest BCUT2D eigenvalue weighted by Crippen LogP contribution is -2.51. The van der Waals surface area contributed by atoms with Crippen LogP contribution in [0.15, 0.2) is 0 Å². The van der Waals surface area contributed by atoms with E-state index in [4.69, 9.17) is 4.84 Å². The van der Waals surface area contributed by atoms with Crippen molar-refractivity contribution < 1.29 is 19.5 Å². The van der Waals surface area contributed by atoms with Crippen molar-refractivity contribution in [1.29, 1.82) is 0 Å². The molecule has 2 aliphatic rings. The molecule has 36 heavy (non-hydrogen) atoms. The van der Waals surface area contributed by atoms with Crippen LogP contribution in [0.4, 0.5) is 0 Å². The van der Waals surface area contributed by atoms with Crippen molar-refractivity contribution in [3.63, 3.8) is 0 Å². The summed E-state index contributed by atoms with van der Waals surface area (Å²) in [7, 11) is 1.68. The second-order valence-electron chi connectivity index (χ2n) is 13.5. The predicted molar refractivity (Wildman–Crippen MR) is 145 cm³/mol. The van der Waals surface area contributed by atoms with E-state index in [0.29, 0.717) is 12.2 Å². The fraction of sp³-hybridized carbons (Fsp3) is 0.931. The van der Waals surface area contributed by atoms with Crippen LogP contribution >= 0.6 is 0 Å². The molecule has 0 aliphatic carbocycles. The molecule has 0 radical (unpaired) electrons. The minimum absolute atomic E-state index is 0.00335. The summed E-state index contributed by atoms with van der Waals surface area (Å²) in [5, 5.41) is 14.9. The zero-order valence-corrected chi connectivity index (χ0v) is 24.7. The van der Waals surface area contributed by atoms with Crippen LogP contribution in [0.3, 0.4) is 0 Å². The highest BCUT2D eigenvalue weighted by atomic mass is 16.7. The van der Waals surface area contributed by atoms with E-state index < -0.39 is 0 Å². The first kappa shape index (κ1) is 31.2. The topological polar surface area (TPSA) is 82.1 Å². The zero-order chi connectivity index (χ0) is 27.4. The Balaban J connectivity index is 1.57. The van der Waals surface area contributed by atoms with Gasteiger partial charge in [0, 0.05) is 35.5 Å². The summed E-state index contributed by atoms with van der Waals surface area (Å²) in [5.41, 5.74) is -0.927. The lowest BCUT2D eigenvalue weighted by atomic mass is 9.82. The van der Waals surface area contributed by atoms with Gasteiger partial charge in [-0.15, -0.1) is 0 Å². The SMILES string of the molecule is CON1C(C)(C)CC(C(=O)NCCCCCCCCCC(=O)C2CC(C)(C)N(CO)C2(C)C)C1(C)C. The van der Waals surface area contributed by atoms with Crippen molar-refractivity contribution in [3.05, 3.63) is 0 Å². The van der Waals surface area contributed by atoms with Crippen LogP contribution in [0, 0.1) is 11.8 Å². The average molecular weight is 510 g/mol. The Morgan fingerprint density at radius 2 is 1.33 bits per heavy atom. The summed E-state index contributed by atoms with van der Waals surface area (Å²) in [4.78, 5) is 33.4. The molecule has 7 nitrogen and oxygen atoms in total. The normalized spacial score (nSPS) is 26.8. The number of nitrogens with one attached hydrogen (secondary N) is 1. The fourth-order valence-electron chi connectivity index (χ4n) is 7.18. The molecule has 0 aromatic carbocycles. The molecular formula is C29H55N3O4. The summed E-state index contributed by atoms with van der Waals surface area (Å²) in [6.45, 7) is 17.6. The second-order valence-corrected chi connectivity index (χ2v) is 13.5. The number of rotatable bonds is 14. The van der Waals surface area contributed by atoms with Gasteiger partial charge in [-0.25, -0.2) is 0 Å². The minimum Gasteiger partial charge on any atom is -0.381 e. The summed E-state index contributed by atoms with van der Waals surface area (Å²) < 4.78 is 0. The molecule has 0 bridgehead atoms. The molecule has 2 fully saturated rings. The van der Waals surface area contributed by atoms with Crippen molar-refractivity contribution in [2.24, 2.45) is 11.8 Å². The van der Waals surface area contributed by atoms with Crippen LogP contribution in [0.25, 0.3) is 0 Å². The number of hydrogen-bond acceptors (Lipinski definition) is 6. The summed E-state index contributed by atoms with van der Waals surface area (Å²) >= 11 is 0. The first-order chi connectivity index (χ1) is 16.6. The van der Waals surface area contributed by atoms with Crippen molar-refractivity contribution in [2.45, 2.75) is 142 Å². The Bertz CT molecular complexity index is 685. The Morgan fingerprint density at radius 3 is 1.83 bits per heavy atom. The van der Waals surface area contributed by atoms with E-state index in [1.165, 1.54) is 12.8 Å². The molecule has 7 heteroatoms. The van der Waals surface area contributed by atoms with Gasteiger partial charge in [-0.3, -0.25) is 14.5 Å². The Hall–Kier alpha value is -1.02. The maximum Gasteiger partial charge on any atom is 0.225 e. The molecule has 0 spiro atoms. The number of aliphatic hydroxyl groups is 1. The maximum absolute atomic E-state index is 12.9. The summed E-state index contributed by atoms with van der Waals surface area (Å²) in [6.07, 6.45) is 9.90. The standard InChI is InChI=1S/C29H55N3O4/c1-26(2)19-22(28(5,6)31(26)21-33)24(34)17-15-13-11-10-12-14-16-18-30-25(35)23-20-27(3,4)32(36-9)29(23,7)8/h22-23,33H,10-21H2,1-9H3,(H,30,35). The van der Waals surface area contributed by atoms with Crippen LogP contribution in [0.1, 0.15) is 120 Å². The fourth-order valence-corrected chi connectivity index (χ4v) is 7.18. The molecule has 1 amide bonds. The number of Topliss-reactive ketones (excluding diaryl/α,β-unsaturated/α-hetero) is 1. The van der Waals surface area contributed by atoms with Gasteiger partial charge < -0.3 is 15.3 Å². The predicted octanol–water partition coefficient (Wildman–Crippen LogP) is 5.06. The number of carbonyl (C=O) groups excluding carboxylic acids is 2. The smallest absolute Gasteiger partial charge is 0.225 e. The number of amides is 1. The molecule has 210 valence electrons. The van der Waals surface area contributed by atoms with E-state index in [1.807, 2.05) is 5.06 Å². The number of carbonyl (C=O) groups is 2. The molecular weight excluding hydrogens is 454 g/mol. The van der Waals surface area contributed by atoms with Crippen molar-refractivity contribution in [3.8, 4) is 0 Å². The van der Waals surface area contributed by atoms with E-state index in [1.54, 1.807) is 7.11 Å². The third-order valence-electron chi connectivity index (χ3n) is 9.04. The second kappa shape index (κ2) is 12.2. The summed E-state index contributed by atoms with van der Waals surface area (Å²) in [5.74, 6) is 0.395. The van der Waals surface area contributed by atoms with Crippen molar-refractivity contribution in [2.75, 3.05) is 20.4 Å². The van der Waals surface area contributed by atoms with E-state index >= 15 is 0 Å². The van der Waals surface area contributed by atoms with Crippen LogP contribution in [-0.4, -0.2) is 69.3 Å². The molecule has 0 aromatic rings. The molecule has 2 aliphatic heterocycles. The molecule has 2 N–H and O–H groups in total. The highest BCUT2D eigenvalue weighted by molar-refractivity contribution is 5.83. The molecule has 2 unspecified atom stereocenters. The number of ketones is 1. The van der Waals surface area contributed by atoms with Gasteiger partial charge in [-0.2, -0.15) is 5.06 Å². The zero-order valence-electron chi connectivity index (χ0n) is 24.7. The third kappa shape index (κ3) is 6.89. The van der Waals surface area contributed by atoms with Gasteiger partial charge in [0.2, 0.25) is 5.91 Å². The van der Waals surface area contributed by atoms with E-state index in [9.17, 15) is 14.7 Å². The lowest BCUT2D eigenvalue weighted by Gasteiger charge is -2.39. The Kier molecular flexibility index (Phi) is 10.6. The molecule has 2 saturated heterocycles. The number of likely N-dealkylation sites (tertiary alicyclic amines) is 1. The van der Waals surface area contributed by atoms with Crippen LogP contribution in [-0.2, 0) is 14.4 Å².